The summed E-state index contributed by atoms with van der Waals surface area (Å²) in [4.78, 5) is 29.2. The fourth-order valence-electron chi connectivity index (χ4n) is 8.07. The number of benzene rings is 7. The number of hydrogen-bond acceptors (Lipinski definition) is 4. The van der Waals surface area contributed by atoms with E-state index >= 15 is 0 Å². The van der Waals surface area contributed by atoms with Crippen LogP contribution in [-0.4, -0.2) is 25.3 Å². The lowest BCUT2D eigenvalue weighted by molar-refractivity contribution is 0.103. The SMILES string of the molecule is CC1(C)c2cc(-c3ccccc3)ccc2-c2cc3c(cc21)c1cc(C(=O)c2ccccc2)ccc1n3-c1nc(-c2ccccc2)nc(-c2ccccc2)n1. The van der Waals surface area contributed by atoms with E-state index in [1.165, 1.54) is 33.4 Å². The van der Waals surface area contributed by atoms with Gasteiger partial charge in [-0.2, -0.15) is 9.97 Å². The topological polar surface area (TPSA) is 60.7 Å². The van der Waals surface area contributed by atoms with Gasteiger partial charge < -0.3 is 0 Å². The number of carbonyl (C=O) groups is 1. The molecule has 0 unspecified atom stereocenters. The van der Waals surface area contributed by atoms with Crippen molar-refractivity contribution < 1.29 is 4.79 Å². The summed E-state index contributed by atoms with van der Waals surface area (Å²) in [5, 5.41) is 2.01. The zero-order chi connectivity index (χ0) is 36.4. The third-order valence-electron chi connectivity index (χ3n) is 10.9. The number of carbonyl (C=O) groups excluding carboxylic acids is 1. The van der Waals surface area contributed by atoms with Gasteiger partial charge >= 0.3 is 0 Å². The van der Waals surface area contributed by atoms with Crippen LogP contribution in [0.3, 0.4) is 0 Å². The van der Waals surface area contributed by atoms with Crippen molar-refractivity contribution in [2.45, 2.75) is 19.3 Å². The first-order chi connectivity index (χ1) is 26.4. The fourth-order valence-corrected chi connectivity index (χ4v) is 8.07. The quantitative estimate of drug-likeness (QED) is 0.163. The van der Waals surface area contributed by atoms with E-state index in [-0.39, 0.29) is 11.2 Å². The number of nitrogens with zero attached hydrogens (tertiary/aromatic N) is 4. The molecule has 256 valence electrons. The van der Waals surface area contributed by atoms with Gasteiger partial charge in [0.1, 0.15) is 0 Å². The molecule has 0 radical (unpaired) electrons. The van der Waals surface area contributed by atoms with Gasteiger partial charge in [-0.1, -0.05) is 147 Å². The lowest BCUT2D eigenvalue weighted by Gasteiger charge is -2.22. The molecule has 9 aromatic rings. The molecule has 1 aliphatic rings. The maximum absolute atomic E-state index is 13.9. The summed E-state index contributed by atoms with van der Waals surface area (Å²) >= 11 is 0. The van der Waals surface area contributed by atoms with Crippen LogP contribution in [0.15, 0.2) is 170 Å². The minimum absolute atomic E-state index is 0.0152. The Morgan fingerprint density at radius 3 is 1.65 bits per heavy atom. The Morgan fingerprint density at radius 2 is 1.02 bits per heavy atom. The molecule has 0 fully saturated rings. The molecule has 0 saturated heterocycles. The normalized spacial score (nSPS) is 12.9. The van der Waals surface area contributed by atoms with E-state index < -0.39 is 0 Å². The van der Waals surface area contributed by atoms with Crippen LogP contribution >= 0.6 is 0 Å². The Hall–Kier alpha value is -6.98. The van der Waals surface area contributed by atoms with Gasteiger partial charge in [0, 0.05) is 38.4 Å². The highest BCUT2D eigenvalue weighted by molar-refractivity contribution is 6.16. The lowest BCUT2D eigenvalue weighted by atomic mass is 9.81. The van der Waals surface area contributed by atoms with Gasteiger partial charge in [0.25, 0.3) is 0 Å². The third kappa shape index (κ3) is 5.08. The van der Waals surface area contributed by atoms with Crippen molar-refractivity contribution in [3.8, 4) is 51.0 Å². The van der Waals surface area contributed by atoms with Crippen molar-refractivity contribution in [3.63, 3.8) is 0 Å². The van der Waals surface area contributed by atoms with E-state index in [1.54, 1.807) is 0 Å². The summed E-state index contributed by atoms with van der Waals surface area (Å²) in [6, 6.07) is 57.6. The second kappa shape index (κ2) is 12.3. The molecule has 7 aromatic carbocycles. The smallest absolute Gasteiger partial charge is 0.238 e. The molecule has 0 N–H and O–H groups in total. The number of hydrogen-bond donors (Lipinski definition) is 0. The molecule has 2 heterocycles. The predicted octanol–water partition coefficient (Wildman–Crippen LogP) is 11.5. The highest BCUT2D eigenvalue weighted by Crippen LogP contribution is 2.52. The van der Waals surface area contributed by atoms with E-state index in [1.807, 2.05) is 109 Å². The molecular weight excluding hydrogens is 661 g/mol. The first-order valence-corrected chi connectivity index (χ1v) is 18.2. The standard InChI is InChI=1S/C49H34N4O/c1-49(2)41-28-35(31-15-7-3-8-16-31)23-25-37(41)38-30-44-40(29-42(38)49)39-27-36(45(54)32-17-9-4-10-18-32)24-26-43(39)53(44)48-51-46(33-19-11-5-12-20-33)50-47(52-48)34-21-13-6-14-22-34/h3-30H,1-2H3. The molecule has 0 atom stereocenters. The van der Waals surface area contributed by atoms with E-state index in [2.05, 4.69) is 79.1 Å². The average Bonchev–Trinajstić information content (AvgIpc) is 3.67. The maximum Gasteiger partial charge on any atom is 0.238 e. The van der Waals surface area contributed by atoms with Crippen molar-refractivity contribution in [1.82, 2.24) is 19.5 Å². The van der Waals surface area contributed by atoms with Crippen LogP contribution in [0.25, 0.3) is 72.8 Å². The predicted molar refractivity (Wildman–Crippen MR) is 218 cm³/mol. The Balaban J connectivity index is 1.25. The van der Waals surface area contributed by atoms with Gasteiger partial charge in [-0.15, -0.1) is 0 Å². The molecule has 0 bridgehead atoms. The minimum atomic E-state index is -0.260. The molecule has 5 heteroatoms. The van der Waals surface area contributed by atoms with Crippen molar-refractivity contribution in [2.24, 2.45) is 0 Å². The van der Waals surface area contributed by atoms with Gasteiger partial charge in [0.05, 0.1) is 11.0 Å². The molecule has 5 nitrogen and oxygen atoms in total. The summed E-state index contributed by atoms with van der Waals surface area (Å²) in [5.74, 6) is 1.68. The van der Waals surface area contributed by atoms with Crippen LogP contribution < -0.4 is 0 Å². The highest BCUT2D eigenvalue weighted by atomic mass is 16.1. The Kier molecular flexibility index (Phi) is 7.24. The van der Waals surface area contributed by atoms with Crippen molar-refractivity contribution in [2.75, 3.05) is 0 Å². The summed E-state index contributed by atoms with van der Waals surface area (Å²) < 4.78 is 2.14. The first kappa shape index (κ1) is 31.7. The van der Waals surface area contributed by atoms with Crippen LogP contribution in [0.1, 0.15) is 40.9 Å². The zero-order valence-electron chi connectivity index (χ0n) is 29.9. The summed E-state index contributed by atoms with van der Waals surface area (Å²) in [7, 11) is 0. The van der Waals surface area contributed by atoms with Crippen LogP contribution in [0.5, 0.6) is 0 Å². The largest absolute Gasteiger partial charge is 0.289 e. The Morgan fingerprint density at radius 1 is 0.463 bits per heavy atom. The zero-order valence-corrected chi connectivity index (χ0v) is 29.9. The van der Waals surface area contributed by atoms with Crippen molar-refractivity contribution >= 4 is 27.6 Å². The molecule has 54 heavy (non-hydrogen) atoms. The van der Waals surface area contributed by atoms with Crippen molar-refractivity contribution in [1.29, 1.82) is 0 Å². The number of ketones is 1. The van der Waals surface area contributed by atoms with Crippen LogP contribution in [0, 0.1) is 0 Å². The van der Waals surface area contributed by atoms with E-state index in [0.717, 1.165) is 32.9 Å². The second-order valence-corrected chi connectivity index (χ2v) is 14.4. The third-order valence-corrected chi connectivity index (χ3v) is 10.9. The molecule has 0 saturated carbocycles. The van der Waals surface area contributed by atoms with Crippen LogP contribution in [0.2, 0.25) is 0 Å². The van der Waals surface area contributed by atoms with Crippen LogP contribution in [-0.2, 0) is 5.41 Å². The van der Waals surface area contributed by atoms with Crippen molar-refractivity contribution in [3.05, 3.63) is 192 Å². The van der Waals surface area contributed by atoms with Gasteiger partial charge in [-0.25, -0.2) is 4.98 Å². The van der Waals surface area contributed by atoms with E-state index in [9.17, 15) is 4.79 Å². The molecule has 1 aliphatic carbocycles. The van der Waals surface area contributed by atoms with E-state index in [0.29, 0.717) is 28.7 Å². The minimum Gasteiger partial charge on any atom is -0.289 e. The first-order valence-electron chi connectivity index (χ1n) is 18.2. The molecule has 0 amide bonds. The Bertz CT molecular complexity index is 2840. The summed E-state index contributed by atoms with van der Waals surface area (Å²) in [6.07, 6.45) is 0. The van der Waals surface area contributed by atoms with Gasteiger partial charge in [-0.05, 0) is 69.8 Å². The average molecular weight is 695 g/mol. The summed E-state index contributed by atoms with van der Waals surface area (Å²) in [6.45, 7) is 4.62. The van der Waals surface area contributed by atoms with Gasteiger partial charge in [-0.3, -0.25) is 9.36 Å². The molecular formula is C49H34N4O. The summed E-state index contributed by atoms with van der Waals surface area (Å²) in [5.41, 5.74) is 12.1. The van der Waals surface area contributed by atoms with Crippen LogP contribution in [0.4, 0.5) is 0 Å². The van der Waals surface area contributed by atoms with Gasteiger partial charge in [0.2, 0.25) is 5.95 Å². The highest BCUT2D eigenvalue weighted by Gasteiger charge is 2.37. The molecule has 2 aromatic heterocycles. The monoisotopic (exact) mass is 694 g/mol. The maximum atomic E-state index is 13.9. The fraction of sp³-hybridized carbons (Fsp3) is 0.0612. The van der Waals surface area contributed by atoms with E-state index in [4.69, 9.17) is 15.0 Å². The number of fused-ring (bicyclic) bond motifs is 6. The lowest BCUT2D eigenvalue weighted by Crippen LogP contribution is -2.15. The molecule has 0 aliphatic heterocycles. The Labute approximate surface area is 313 Å². The molecule has 0 spiro atoms. The van der Waals surface area contributed by atoms with Gasteiger partial charge in [0.15, 0.2) is 17.4 Å². The second-order valence-electron chi connectivity index (χ2n) is 14.4. The number of aromatic nitrogens is 4. The number of rotatable bonds is 6. The molecule has 10 rings (SSSR count).